The van der Waals surface area contributed by atoms with Crippen molar-refractivity contribution in [3.8, 4) is 16.9 Å². The van der Waals surface area contributed by atoms with Gasteiger partial charge in [0.2, 0.25) is 0 Å². The van der Waals surface area contributed by atoms with Crippen LogP contribution in [0, 0.1) is 0 Å². The lowest BCUT2D eigenvalue weighted by atomic mass is 9.79. The molecular weight excluding hydrogens is 450 g/mol. The molecule has 2 aromatic heterocycles. The molecule has 192 valence electrons. The third-order valence-corrected chi connectivity index (χ3v) is 7.09. The summed E-state index contributed by atoms with van der Waals surface area (Å²) in [4.78, 5) is 6.75. The summed E-state index contributed by atoms with van der Waals surface area (Å²) in [5.74, 6) is 1.05. The number of pyridine rings is 1. The smallest absolute Gasteiger partial charge is 0.157 e. The van der Waals surface area contributed by atoms with Crippen molar-refractivity contribution in [3.63, 3.8) is 0 Å². The van der Waals surface area contributed by atoms with Crippen molar-refractivity contribution < 1.29 is 5.11 Å². The SMILES string of the molecule is CC/C(=N\N=C(/C)N(C)C1CC(C)(C)NC(C)(C)C1)c1ccc(-c2cnc3c(cnn3C)c2)cc1O. The molecule has 8 nitrogen and oxygen atoms in total. The number of amidine groups is 1. The number of phenolic OH excluding ortho intramolecular Hbond substituents is 1. The molecule has 3 heterocycles. The van der Waals surface area contributed by atoms with Gasteiger partial charge in [-0.05, 0) is 77.6 Å². The van der Waals surface area contributed by atoms with Crippen LogP contribution in [-0.2, 0) is 7.05 Å². The van der Waals surface area contributed by atoms with Crippen LogP contribution in [0.15, 0.2) is 46.9 Å². The molecule has 0 atom stereocenters. The molecule has 0 spiro atoms. The maximum absolute atomic E-state index is 10.9. The van der Waals surface area contributed by atoms with Crippen LogP contribution in [0.25, 0.3) is 22.2 Å². The summed E-state index contributed by atoms with van der Waals surface area (Å²) >= 11 is 0. The van der Waals surface area contributed by atoms with Gasteiger partial charge in [0.05, 0.1) is 11.9 Å². The van der Waals surface area contributed by atoms with E-state index in [1.54, 1.807) is 23.1 Å². The molecule has 8 heteroatoms. The molecule has 1 aliphatic heterocycles. The Labute approximate surface area is 214 Å². The van der Waals surface area contributed by atoms with Crippen molar-refractivity contribution in [1.29, 1.82) is 0 Å². The second-order valence-corrected chi connectivity index (χ2v) is 11.3. The molecule has 0 aliphatic carbocycles. The highest BCUT2D eigenvalue weighted by atomic mass is 16.3. The molecule has 0 saturated carbocycles. The van der Waals surface area contributed by atoms with Crippen LogP contribution in [0.1, 0.15) is 66.4 Å². The monoisotopic (exact) mass is 489 g/mol. The van der Waals surface area contributed by atoms with Gasteiger partial charge < -0.3 is 15.3 Å². The molecular formula is C28H39N7O. The van der Waals surface area contributed by atoms with Gasteiger partial charge in [-0.1, -0.05) is 13.0 Å². The first-order valence-corrected chi connectivity index (χ1v) is 12.6. The Bertz CT molecular complexity index is 1300. The number of hydrogen-bond donors (Lipinski definition) is 2. The summed E-state index contributed by atoms with van der Waals surface area (Å²) in [5.41, 5.74) is 4.21. The number of aromatic nitrogens is 3. The van der Waals surface area contributed by atoms with E-state index in [1.807, 2.05) is 39.1 Å². The van der Waals surface area contributed by atoms with E-state index in [0.29, 0.717) is 18.0 Å². The number of fused-ring (bicyclic) bond motifs is 1. The Morgan fingerprint density at radius 1 is 1.11 bits per heavy atom. The number of rotatable bonds is 5. The molecule has 36 heavy (non-hydrogen) atoms. The first-order chi connectivity index (χ1) is 16.9. The fourth-order valence-electron chi connectivity index (χ4n) is 5.48. The van der Waals surface area contributed by atoms with Gasteiger partial charge in [0.15, 0.2) is 5.65 Å². The lowest BCUT2D eigenvalue weighted by molar-refractivity contribution is 0.113. The number of nitrogens with zero attached hydrogens (tertiary/aromatic N) is 6. The summed E-state index contributed by atoms with van der Waals surface area (Å²) in [5, 5.41) is 29.0. The molecule has 1 aromatic carbocycles. The molecule has 0 radical (unpaired) electrons. The number of hydrogen-bond acceptors (Lipinski definition) is 6. The van der Waals surface area contributed by atoms with Gasteiger partial charge in [-0.15, -0.1) is 5.10 Å². The van der Waals surface area contributed by atoms with Gasteiger partial charge >= 0.3 is 0 Å². The highest BCUT2D eigenvalue weighted by Crippen LogP contribution is 2.32. The van der Waals surface area contributed by atoms with Gasteiger partial charge in [0.1, 0.15) is 11.6 Å². The molecule has 4 rings (SSSR count). The number of piperidine rings is 1. The van der Waals surface area contributed by atoms with E-state index >= 15 is 0 Å². The standard InChI is InChI=1S/C28H39N7O/c1-9-24(32-31-18(2)34(7)22-14-27(3,4)33-28(5,6)15-22)23-11-10-19(13-25(23)36)20-12-21-17-30-35(8)26(21)29-16-20/h10-13,16-17,22,33,36H,9,14-15H2,1-8H3/b31-18+,32-24+. The van der Waals surface area contributed by atoms with Crippen molar-refractivity contribution in [3.05, 3.63) is 42.2 Å². The first-order valence-electron chi connectivity index (χ1n) is 12.6. The van der Waals surface area contributed by atoms with Crippen LogP contribution in [0.2, 0.25) is 0 Å². The summed E-state index contributed by atoms with van der Waals surface area (Å²) in [6, 6.07) is 8.07. The second kappa shape index (κ2) is 9.65. The molecule has 0 unspecified atom stereocenters. The van der Waals surface area contributed by atoms with Crippen LogP contribution >= 0.6 is 0 Å². The number of aryl methyl sites for hydroxylation is 1. The van der Waals surface area contributed by atoms with E-state index in [1.165, 1.54) is 0 Å². The lowest BCUT2D eigenvalue weighted by Gasteiger charge is -2.49. The van der Waals surface area contributed by atoms with Gasteiger partial charge in [0, 0.05) is 53.9 Å². The van der Waals surface area contributed by atoms with Crippen LogP contribution in [0.4, 0.5) is 0 Å². The van der Waals surface area contributed by atoms with Gasteiger partial charge in [-0.3, -0.25) is 4.68 Å². The number of nitrogens with one attached hydrogen (secondary N) is 1. The minimum Gasteiger partial charge on any atom is -0.507 e. The minimum absolute atomic E-state index is 0.0589. The van der Waals surface area contributed by atoms with E-state index in [-0.39, 0.29) is 16.8 Å². The molecule has 1 aliphatic rings. The molecule has 2 N–H and O–H groups in total. The van der Waals surface area contributed by atoms with Crippen LogP contribution in [0.3, 0.4) is 0 Å². The first kappa shape index (κ1) is 25.8. The van der Waals surface area contributed by atoms with E-state index in [0.717, 1.165) is 46.5 Å². The second-order valence-electron chi connectivity index (χ2n) is 11.3. The average molecular weight is 490 g/mol. The summed E-state index contributed by atoms with van der Waals surface area (Å²) in [7, 11) is 3.97. The van der Waals surface area contributed by atoms with E-state index in [9.17, 15) is 5.11 Å². The number of benzene rings is 1. The predicted molar refractivity (Wildman–Crippen MR) is 148 cm³/mol. The van der Waals surface area contributed by atoms with Crippen molar-refractivity contribution >= 4 is 22.6 Å². The third-order valence-electron chi connectivity index (χ3n) is 7.09. The largest absolute Gasteiger partial charge is 0.507 e. The highest BCUT2D eigenvalue weighted by molar-refractivity contribution is 6.03. The Balaban J connectivity index is 1.56. The van der Waals surface area contributed by atoms with Crippen LogP contribution in [0.5, 0.6) is 5.75 Å². The van der Waals surface area contributed by atoms with Crippen molar-refractivity contribution in [1.82, 2.24) is 25.0 Å². The van der Waals surface area contributed by atoms with Crippen molar-refractivity contribution in [2.75, 3.05) is 7.05 Å². The topological polar surface area (TPSA) is 90.9 Å². The van der Waals surface area contributed by atoms with Gasteiger partial charge in [-0.2, -0.15) is 10.2 Å². The Morgan fingerprint density at radius 2 is 1.81 bits per heavy atom. The third kappa shape index (κ3) is 5.43. The fourth-order valence-corrected chi connectivity index (χ4v) is 5.48. The molecule has 1 fully saturated rings. The summed E-state index contributed by atoms with van der Waals surface area (Å²) < 4.78 is 1.75. The zero-order valence-corrected chi connectivity index (χ0v) is 22.8. The Kier molecular flexibility index (Phi) is 6.92. The van der Waals surface area contributed by atoms with E-state index in [2.05, 4.69) is 65.2 Å². The Hall–Kier alpha value is -3.26. The zero-order valence-electron chi connectivity index (χ0n) is 22.8. The van der Waals surface area contributed by atoms with Gasteiger partial charge in [-0.25, -0.2) is 4.98 Å². The molecule has 0 bridgehead atoms. The van der Waals surface area contributed by atoms with E-state index in [4.69, 9.17) is 0 Å². The minimum atomic E-state index is 0.0589. The molecule has 0 amide bonds. The maximum atomic E-state index is 10.9. The lowest BCUT2D eigenvalue weighted by Crippen LogP contribution is -2.62. The average Bonchev–Trinajstić information content (AvgIpc) is 3.17. The van der Waals surface area contributed by atoms with Crippen LogP contribution < -0.4 is 5.32 Å². The molecule has 1 saturated heterocycles. The normalized spacial score (nSPS) is 18.6. The summed E-state index contributed by atoms with van der Waals surface area (Å²) in [6.07, 6.45) is 6.33. The number of aromatic hydroxyl groups is 1. The fraction of sp³-hybridized carbons (Fsp3) is 0.500. The quantitative estimate of drug-likeness (QED) is 0.295. The Morgan fingerprint density at radius 3 is 2.44 bits per heavy atom. The highest BCUT2D eigenvalue weighted by Gasteiger charge is 2.39. The van der Waals surface area contributed by atoms with Crippen LogP contribution in [-0.4, -0.2) is 60.5 Å². The van der Waals surface area contributed by atoms with Crippen molar-refractivity contribution in [2.45, 2.75) is 77.9 Å². The zero-order chi connectivity index (χ0) is 26.3. The van der Waals surface area contributed by atoms with Gasteiger partial charge in [0.25, 0.3) is 0 Å². The van der Waals surface area contributed by atoms with Crippen molar-refractivity contribution in [2.24, 2.45) is 17.3 Å². The predicted octanol–water partition coefficient (Wildman–Crippen LogP) is 5.11. The maximum Gasteiger partial charge on any atom is 0.157 e. The number of phenols is 1. The van der Waals surface area contributed by atoms with E-state index < -0.39 is 0 Å². The summed E-state index contributed by atoms with van der Waals surface area (Å²) in [6.45, 7) is 13.1. The molecule has 3 aromatic rings.